The summed E-state index contributed by atoms with van der Waals surface area (Å²) in [5.74, 6) is 0.0615. The summed E-state index contributed by atoms with van der Waals surface area (Å²) in [4.78, 5) is 15.5. The van der Waals surface area contributed by atoms with Gasteiger partial charge in [0, 0.05) is 24.5 Å². The zero-order chi connectivity index (χ0) is 12.3. The van der Waals surface area contributed by atoms with Crippen molar-refractivity contribution in [1.29, 1.82) is 0 Å². The van der Waals surface area contributed by atoms with Crippen LogP contribution in [0, 0.1) is 5.82 Å². The molecule has 0 amide bonds. The van der Waals surface area contributed by atoms with Crippen LogP contribution < -0.4 is 10.3 Å². The summed E-state index contributed by atoms with van der Waals surface area (Å²) in [6.45, 7) is 0.285. The van der Waals surface area contributed by atoms with Gasteiger partial charge in [0.2, 0.25) is 5.88 Å². The predicted octanol–water partition coefficient (Wildman–Crippen LogP) is 1.44. The van der Waals surface area contributed by atoms with Gasteiger partial charge in [0.05, 0.1) is 13.7 Å². The van der Waals surface area contributed by atoms with Crippen LogP contribution in [0.5, 0.6) is 5.88 Å². The lowest BCUT2D eigenvalue weighted by molar-refractivity contribution is 0.397. The summed E-state index contributed by atoms with van der Waals surface area (Å²) in [7, 11) is 1.53. The second-order valence-electron chi connectivity index (χ2n) is 3.52. The number of methoxy groups -OCH3 is 1. The van der Waals surface area contributed by atoms with Gasteiger partial charge >= 0.3 is 0 Å². The van der Waals surface area contributed by atoms with Gasteiger partial charge in [-0.3, -0.25) is 4.79 Å². The van der Waals surface area contributed by atoms with Crippen molar-refractivity contribution in [2.75, 3.05) is 7.11 Å². The van der Waals surface area contributed by atoms with Gasteiger partial charge in [0.25, 0.3) is 5.56 Å². The van der Waals surface area contributed by atoms with Crippen molar-refractivity contribution in [3.63, 3.8) is 0 Å². The highest BCUT2D eigenvalue weighted by molar-refractivity contribution is 5.18. The Morgan fingerprint density at radius 1 is 1.35 bits per heavy atom. The van der Waals surface area contributed by atoms with Crippen molar-refractivity contribution < 1.29 is 9.13 Å². The zero-order valence-corrected chi connectivity index (χ0v) is 9.26. The molecule has 0 aromatic carbocycles. The minimum Gasteiger partial charge on any atom is -0.481 e. The molecule has 0 N–H and O–H groups in total. The zero-order valence-electron chi connectivity index (χ0n) is 9.26. The lowest BCUT2D eigenvalue weighted by atomic mass is 10.3. The van der Waals surface area contributed by atoms with Gasteiger partial charge in [-0.1, -0.05) is 6.07 Å². The van der Waals surface area contributed by atoms with Gasteiger partial charge in [-0.25, -0.2) is 9.37 Å². The summed E-state index contributed by atoms with van der Waals surface area (Å²) in [6, 6.07) is 5.82. The van der Waals surface area contributed by atoms with Crippen LogP contribution in [0.2, 0.25) is 0 Å². The summed E-state index contributed by atoms with van der Waals surface area (Å²) >= 11 is 0. The molecule has 2 aromatic heterocycles. The average Bonchev–Trinajstić information content (AvgIpc) is 2.35. The first-order valence-corrected chi connectivity index (χ1v) is 5.04. The Balaban J connectivity index is 2.25. The van der Waals surface area contributed by atoms with Crippen LogP contribution in [-0.2, 0) is 6.54 Å². The Morgan fingerprint density at radius 2 is 2.18 bits per heavy atom. The molecule has 0 aliphatic heterocycles. The molecule has 0 fully saturated rings. The maximum atomic E-state index is 13.0. The number of nitrogens with zero attached hydrogens (tertiary/aromatic N) is 2. The Kier molecular flexibility index (Phi) is 3.18. The van der Waals surface area contributed by atoms with E-state index >= 15 is 0 Å². The number of rotatable bonds is 3. The van der Waals surface area contributed by atoms with E-state index in [0.717, 1.165) is 11.6 Å². The Bertz CT molecular complexity index is 563. The quantitative estimate of drug-likeness (QED) is 0.807. The number of halogens is 1. The van der Waals surface area contributed by atoms with Gasteiger partial charge in [0.1, 0.15) is 5.82 Å². The van der Waals surface area contributed by atoms with Crippen molar-refractivity contribution in [3.05, 3.63) is 58.4 Å². The van der Waals surface area contributed by atoms with Crippen LogP contribution in [0.4, 0.5) is 4.39 Å². The first-order chi connectivity index (χ1) is 8.19. The fraction of sp³-hybridized carbons (Fsp3) is 0.167. The molecular weight excluding hydrogens is 223 g/mol. The van der Waals surface area contributed by atoms with Crippen LogP contribution in [0.25, 0.3) is 0 Å². The van der Waals surface area contributed by atoms with Crippen LogP contribution in [0.15, 0.2) is 41.5 Å². The summed E-state index contributed by atoms with van der Waals surface area (Å²) in [5, 5.41) is 0. The fourth-order valence-electron chi connectivity index (χ4n) is 1.45. The molecule has 0 atom stereocenters. The number of pyridine rings is 2. The molecule has 0 aliphatic rings. The Labute approximate surface area is 97.3 Å². The van der Waals surface area contributed by atoms with E-state index in [2.05, 4.69) is 4.98 Å². The maximum absolute atomic E-state index is 13.0. The van der Waals surface area contributed by atoms with E-state index in [1.807, 2.05) is 0 Å². The SMILES string of the molecule is COc1ccc(Cn2cc(F)ccc2=O)cn1. The first kappa shape index (κ1) is 11.3. The fourth-order valence-corrected chi connectivity index (χ4v) is 1.45. The van der Waals surface area contributed by atoms with Crippen LogP contribution >= 0.6 is 0 Å². The van der Waals surface area contributed by atoms with Crippen molar-refractivity contribution in [2.24, 2.45) is 0 Å². The molecule has 0 radical (unpaired) electrons. The molecule has 0 saturated heterocycles. The molecular formula is C12H11FN2O2. The van der Waals surface area contributed by atoms with Crippen LogP contribution in [0.3, 0.4) is 0 Å². The number of hydrogen-bond acceptors (Lipinski definition) is 3. The molecule has 4 nitrogen and oxygen atoms in total. The smallest absolute Gasteiger partial charge is 0.251 e. The van der Waals surface area contributed by atoms with E-state index in [4.69, 9.17) is 4.74 Å². The highest BCUT2D eigenvalue weighted by Crippen LogP contribution is 2.07. The van der Waals surface area contributed by atoms with Crippen molar-refractivity contribution >= 4 is 0 Å². The minimum absolute atomic E-state index is 0.248. The van der Waals surface area contributed by atoms with E-state index in [9.17, 15) is 9.18 Å². The molecule has 0 aliphatic carbocycles. The normalized spacial score (nSPS) is 10.2. The van der Waals surface area contributed by atoms with Crippen LogP contribution in [0.1, 0.15) is 5.56 Å². The molecule has 17 heavy (non-hydrogen) atoms. The first-order valence-electron chi connectivity index (χ1n) is 5.04. The third kappa shape index (κ3) is 2.69. The number of hydrogen-bond donors (Lipinski definition) is 0. The van der Waals surface area contributed by atoms with Gasteiger partial charge in [-0.15, -0.1) is 0 Å². The third-order valence-electron chi connectivity index (χ3n) is 2.31. The van der Waals surface area contributed by atoms with E-state index in [1.54, 1.807) is 18.3 Å². The predicted molar refractivity (Wildman–Crippen MR) is 60.6 cm³/mol. The van der Waals surface area contributed by atoms with Gasteiger partial charge < -0.3 is 9.30 Å². The molecule has 88 valence electrons. The second kappa shape index (κ2) is 4.78. The third-order valence-corrected chi connectivity index (χ3v) is 2.31. The molecule has 2 aromatic rings. The molecule has 0 bridgehead atoms. The summed E-state index contributed by atoms with van der Waals surface area (Å²) < 4.78 is 19.2. The molecule has 0 saturated carbocycles. The molecule has 0 spiro atoms. The molecule has 2 heterocycles. The van der Waals surface area contributed by atoms with Gasteiger partial charge in [0.15, 0.2) is 0 Å². The van der Waals surface area contributed by atoms with Crippen molar-refractivity contribution in [2.45, 2.75) is 6.54 Å². The molecule has 0 unspecified atom stereocenters. The lowest BCUT2D eigenvalue weighted by Crippen LogP contribution is -2.19. The average molecular weight is 234 g/mol. The highest BCUT2D eigenvalue weighted by atomic mass is 19.1. The topological polar surface area (TPSA) is 44.1 Å². The van der Waals surface area contributed by atoms with Crippen LogP contribution in [-0.4, -0.2) is 16.7 Å². The van der Waals surface area contributed by atoms with E-state index < -0.39 is 5.82 Å². The number of aromatic nitrogens is 2. The van der Waals surface area contributed by atoms with Crippen molar-refractivity contribution in [1.82, 2.24) is 9.55 Å². The van der Waals surface area contributed by atoms with Crippen molar-refractivity contribution in [3.8, 4) is 5.88 Å². The monoisotopic (exact) mass is 234 g/mol. The summed E-state index contributed by atoms with van der Waals surface area (Å²) in [5.41, 5.74) is 0.556. The number of ether oxygens (including phenoxy) is 1. The largest absolute Gasteiger partial charge is 0.481 e. The summed E-state index contributed by atoms with van der Waals surface area (Å²) in [6.07, 6.45) is 2.77. The van der Waals surface area contributed by atoms with Gasteiger partial charge in [-0.2, -0.15) is 0 Å². The lowest BCUT2D eigenvalue weighted by Gasteiger charge is -2.05. The second-order valence-corrected chi connectivity index (χ2v) is 3.52. The standard InChI is InChI=1S/C12H11FN2O2/c1-17-11-4-2-9(6-14-11)7-15-8-10(13)3-5-12(15)16/h2-6,8H,7H2,1H3. The van der Waals surface area contributed by atoms with E-state index in [0.29, 0.717) is 5.88 Å². The Hall–Kier alpha value is -2.17. The highest BCUT2D eigenvalue weighted by Gasteiger charge is 2.01. The van der Waals surface area contributed by atoms with E-state index in [-0.39, 0.29) is 12.1 Å². The van der Waals surface area contributed by atoms with Gasteiger partial charge in [-0.05, 0) is 11.6 Å². The van der Waals surface area contributed by atoms with E-state index in [1.165, 1.54) is 23.9 Å². The Morgan fingerprint density at radius 3 is 2.82 bits per heavy atom. The maximum Gasteiger partial charge on any atom is 0.251 e. The molecule has 5 heteroatoms. The minimum atomic E-state index is -0.439. The molecule has 2 rings (SSSR count).